The van der Waals surface area contributed by atoms with Gasteiger partial charge in [0.25, 0.3) is 0 Å². The van der Waals surface area contributed by atoms with E-state index in [1.54, 1.807) is 4.90 Å². The number of tetrazole rings is 1. The Bertz CT molecular complexity index is 419. The highest BCUT2D eigenvalue weighted by molar-refractivity contribution is 5.76. The lowest BCUT2D eigenvalue weighted by molar-refractivity contribution is -0.132. The molecule has 0 radical (unpaired) electrons. The maximum Gasteiger partial charge on any atom is 0.246 e. The fourth-order valence-corrected chi connectivity index (χ4v) is 2.44. The van der Waals surface area contributed by atoms with Crippen LogP contribution in [0.15, 0.2) is 6.33 Å². The largest absolute Gasteiger partial charge is 0.387 e. The Labute approximate surface area is 106 Å². The van der Waals surface area contributed by atoms with E-state index < -0.39 is 5.60 Å². The number of β-amino-alcohol motifs (C(OH)–C–C–N with tert-alkyl or cyclic N) is 1. The summed E-state index contributed by atoms with van der Waals surface area (Å²) >= 11 is 0. The molecule has 1 N–H and O–H groups in total. The van der Waals surface area contributed by atoms with Crippen LogP contribution < -0.4 is 0 Å². The number of hydrogen-bond acceptors (Lipinski definition) is 5. The van der Waals surface area contributed by atoms with Gasteiger partial charge >= 0.3 is 0 Å². The van der Waals surface area contributed by atoms with Crippen molar-refractivity contribution in [3.05, 3.63) is 6.33 Å². The molecule has 1 saturated heterocycles. The Kier molecular flexibility index (Phi) is 3.34. The average molecular weight is 253 g/mol. The van der Waals surface area contributed by atoms with Crippen LogP contribution in [0, 0.1) is 11.8 Å². The van der Waals surface area contributed by atoms with Gasteiger partial charge in [0.05, 0.1) is 12.1 Å². The van der Waals surface area contributed by atoms with Crippen molar-refractivity contribution >= 4 is 5.91 Å². The second-order valence-electron chi connectivity index (χ2n) is 5.29. The fourth-order valence-electron chi connectivity index (χ4n) is 2.44. The quantitative estimate of drug-likeness (QED) is 0.788. The molecule has 100 valence electrons. The van der Waals surface area contributed by atoms with Crippen LogP contribution in [0.2, 0.25) is 0 Å². The van der Waals surface area contributed by atoms with Crippen molar-refractivity contribution in [2.45, 2.75) is 32.9 Å². The van der Waals surface area contributed by atoms with Crippen LogP contribution in [0.1, 0.15) is 20.8 Å². The molecule has 0 bridgehead atoms. The highest BCUT2D eigenvalue weighted by Gasteiger charge is 2.46. The normalized spacial score (nSPS) is 28.1. The third-order valence-electron chi connectivity index (χ3n) is 3.81. The number of likely N-dealkylation sites (tertiary alicyclic amines) is 1. The van der Waals surface area contributed by atoms with Gasteiger partial charge in [0, 0.05) is 12.5 Å². The average Bonchev–Trinajstić information content (AvgIpc) is 2.89. The van der Waals surface area contributed by atoms with Gasteiger partial charge in [-0.25, -0.2) is 0 Å². The van der Waals surface area contributed by atoms with E-state index in [0.29, 0.717) is 13.1 Å². The lowest BCUT2D eigenvalue weighted by atomic mass is 9.82. The van der Waals surface area contributed by atoms with E-state index in [9.17, 15) is 9.90 Å². The molecule has 0 spiro atoms. The molecule has 1 aliphatic heterocycles. The van der Waals surface area contributed by atoms with Gasteiger partial charge in [-0.2, -0.15) is 4.80 Å². The van der Waals surface area contributed by atoms with E-state index in [1.807, 2.05) is 20.8 Å². The van der Waals surface area contributed by atoms with E-state index in [4.69, 9.17) is 0 Å². The molecule has 1 amide bonds. The summed E-state index contributed by atoms with van der Waals surface area (Å²) in [6.07, 6.45) is 1.30. The summed E-state index contributed by atoms with van der Waals surface area (Å²) < 4.78 is 0. The number of nitrogens with zero attached hydrogens (tertiary/aromatic N) is 5. The van der Waals surface area contributed by atoms with Gasteiger partial charge in [-0.05, 0) is 11.1 Å². The summed E-state index contributed by atoms with van der Waals surface area (Å²) in [6, 6.07) is 0. The first kappa shape index (κ1) is 12.9. The Hall–Kier alpha value is -1.50. The summed E-state index contributed by atoms with van der Waals surface area (Å²) in [5.41, 5.74) is -0.800. The molecule has 18 heavy (non-hydrogen) atoms. The lowest BCUT2D eigenvalue weighted by Gasteiger charge is -2.30. The van der Waals surface area contributed by atoms with Crippen molar-refractivity contribution in [2.24, 2.45) is 11.8 Å². The Morgan fingerprint density at radius 2 is 2.33 bits per heavy atom. The molecule has 0 aliphatic carbocycles. The fraction of sp³-hybridized carbons (Fsp3) is 0.818. The first-order valence-electron chi connectivity index (χ1n) is 6.14. The zero-order valence-electron chi connectivity index (χ0n) is 10.9. The van der Waals surface area contributed by atoms with Crippen molar-refractivity contribution in [1.29, 1.82) is 0 Å². The monoisotopic (exact) mass is 253 g/mol. The molecule has 1 aromatic heterocycles. The van der Waals surface area contributed by atoms with Crippen LogP contribution in [0.5, 0.6) is 0 Å². The first-order chi connectivity index (χ1) is 8.43. The Morgan fingerprint density at radius 1 is 1.61 bits per heavy atom. The highest BCUT2D eigenvalue weighted by Crippen LogP contribution is 2.33. The molecule has 7 heteroatoms. The minimum Gasteiger partial charge on any atom is -0.387 e. The second-order valence-corrected chi connectivity index (χ2v) is 5.29. The zero-order valence-corrected chi connectivity index (χ0v) is 10.9. The first-order valence-corrected chi connectivity index (χ1v) is 6.14. The van der Waals surface area contributed by atoms with Gasteiger partial charge in [0.2, 0.25) is 5.91 Å². The molecule has 0 saturated carbocycles. The standard InChI is InChI=1S/C11H19N5O2/c1-8(2)11(18)6-15(4-9(11)3)10(17)5-16-13-7-12-14-16/h7-9,18H,4-6H2,1-3H3. The molecule has 2 rings (SSSR count). The van der Waals surface area contributed by atoms with Gasteiger partial charge in [0.1, 0.15) is 6.54 Å². The number of aromatic nitrogens is 4. The molecule has 1 aromatic rings. The van der Waals surface area contributed by atoms with Crippen LogP contribution >= 0.6 is 0 Å². The molecule has 1 fully saturated rings. The van der Waals surface area contributed by atoms with Gasteiger partial charge in [-0.15, -0.1) is 10.2 Å². The molecule has 2 unspecified atom stereocenters. The van der Waals surface area contributed by atoms with Crippen LogP contribution in [-0.4, -0.2) is 54.8 Å². The smallest absolute Gasteiger partial charge is 0.246 e. The van der Waals surface area contributed by atoms with E-state index in [0.717, 1.165) is 0 Å². The molecular formula is C11H19N5O2. The Balaban J connectivity index is 2.02. The third-order valence-corrected chi connectivity index (χ3v) is 3.81. The van der Waals surface area contributed by atoms with Gasteiger partial charge in [0.15, 0.2) is 6.33 Å². The van der Waals surface area contributed by atoms with Crippen LogP contribution in [0.25, 0.3) is 0 Å². The Morgan fingerprint density at radius 3 is 2.83 bits per heavy atom. The summed E-state index contributed by atoms with van der Waals surface area (Å²) in [7, 11) is 0. The van der Waals surface area contributed by atoms with Crippen molar-refractivity contribution in [3.8, 4) is 0 Å². The molecule has 0 aromatic carbocycles. The molecule has 1 aliphatic rings. The van der Waals surface area contributed by atoms with Gasteiger partial charge in [-0.3, -0.25) is 4.79 Å². The molecule has 2 atom stereocenters. The number of hydrogen-bond donors (Lipinski definition) is 1. The van der Waals surface area contributed by atoms with Crippen LogP contribution in [0.4, 0.5) is 0 Å². The number of carbonyl (C=O) groups excluding carboxylic acids is 1. The van der Waals surface area contributed by atoms with E-state index in [1.165, 1.54) is 11.1 Å². The van der Waals surface area contributed by atoms with Crippen LogP contribution in [0.3, 0.4) is 0 Å². The molecular weight excluding hydrogens is 234 g/mol. The summed E-state index contributed by atoms with van der Waals surface area (Å²) in [5.74, 6) is 0.108. The van der Waals surface area contributed by atoms with Gasteiger partial charge in [-0.1, -0.05) is 20.8 Å². The summed E-state index contributed by atoms with van der Waals surface area (Å²) in [4.78, 5) is 15.0. The molecule has 2 heterocycles. The van der Waals surface area contributed by atoms with Crippen molar-refractivity contribution < 1.29 is 9.90 Å². The molecule has 7 nitrogen and oxygen atoms in total. The topological polar surface area (TPSA) is 84.1 Å². The zero-order chi connectivity index (χ0) is 13.3. The number of carbonyl (C=O) groups is 1. The number of rotatable bonds is 3. The maximum atomic E-state index is 12.1. The predicted octanol–water partition coefficient (Wildman–Crippen LogP) is -0.462. The second kappa shape index (κ2) is 4.64. The van der Waals surface area contributed by atoms with E-state index >= 15 is 0 Å². The summed E-state index contributed by atoms with van der Waals surface area (Å²) in [5, 5.41) is 21.6. The lowest BCUT2D eigenvalue weighted by Crippen LogP contribution is -2.43. The SMILES string of the molecule is CC(C)C1(O)CN(C(=O)Cn2ncnn2)CC1C. The predicted molar refractivity (Wildman–Crippen MR) is 63.3 cm³/mol. The van der Waals surface area contributed by atoms with Gasteiger partial charge < -0.3 is 10.0 Å². The van der Waals surface area contributed by atoms with Crippen molar-refractivity contribution in [2.75, 3.05) is 13.1 Å². The van der Waals surface area contributed by atoms with Crippen molar-refractivity contribution in [1.82, 2.24) is 25.1 Å². The summed E-state index contributed by atoms with van der Waals surface area (Å²) in [6.45, 7) is 6.94. The van der Waals surface area contributed by atoms with Crippen molar-refractivity contribution in [3.63, 3.8) is 0 Å². The minimum atomic E-state index is -0.800. The maximum absolute atomic E-state index is 12.1. The van der Waals surface area contributed by atoms with E-state index in [2.05, 4.69) is 15.4 Å². The number of aliphatic hydroxyl groups is 1. The highest BCUT2D eigenvalue weighted by atomic mass is 16.3. The van der Waals surface area contributed by atoms with E-state index in [-0.39, 0.29) is 24.3 Å². The van der Waals surface area contributed by atoms with Crippen LogP contribution in [-0.2, 0) is 11.3 Å². The minimum absolute atomic E-state index is 0.0703. The number of amides is 1. The third kappa shape index (κ3) is 2.22.